The number of carbonyl (C=O) groups excluding carboxylic acids is 2. The van der Waals surface area contributed by atoms with Crippen molar-refractivity contribution in [2.24, 2.45) is 0 Å². The van der Waals surface area contributed by atoms with Crippen LogP contribution in [0.1, 0.15) is 51.3 Å². The van der Waals surface area contributed by atoms with Gasteiger partial charge in [-0.05, 0) is 38.3 Å². The normalized spacial score (nSPS) is 20.4. The summed E-state index contributed by atoms with van der Waals surface area (Å²) in [6.45, 7) is 7.88. The molecule has 4 heteroatoms. The molecule has 0 aromatic heterocycles. The van der Waals surface area contributed by atoms with Crippen LogP contribution >= 0.6 is 0 Å². The maximum atomic E-state index is 12.3. The number of aryl methyl sites for hydroxylation is 1. The molecule has 2 atom stereocenters. The van der Waals surface area contributed by atoms with Crippen LogP contribution in [-0.2, 0) is 16.0 Å². The first-order chi connectivity index (χ1) is 9.93. The number of rotatable bonds is 5. The second-order valence-corrected chi connectivity index (χ2v) is 5.94. The van der Waals surface area contributed by atoms with Gasteiger partial charge in [0.05, 0.1) is 12.5 Å². The molecule has 0 radical (unpaired) electrons. The molecule has 1 aliphatic heterocycles. The summed E-state index contributed by atoms with van der Waals surface area (Å²) in [6.07, 6.45) is 1.27. The molecule has 1 aliphatic rings. The van der Waals surface area contributed by atoms with E-state index in [1.165, 1.54) is 10.5 Å². The number of carbonyl (C=O) groups is 2. The van der Waals surface area contributed by atoms with E-state index in [-0.39, 0.29) is 30.3 Å². The van der Waals surface area contributed by atoms with E-state index < -0.39 is 6.04 Å². The highest BCUT2D eigenvalue weighted by Gasteiger charge is 2.40. The Morgan fingerprint density at radius 1 is 1.19 bits per heavy atom. The Labute approximate surface area is 126 Å². The van der Waals surface area contributed by atoms with Gasteiger partial charge in [0.1, 0.15) is 0 Å². The Kier molecular flexibility index (Phi) is 4.78. The minimum Gasteiger partial charge on any atom is -0.299 e. The van der Waals surface area contributed by atoms with E-state index in [2.05, 4.69) is 36.5 Å². The summed E-state index contributed by atoms with van der Waals surface area (Å²) in [4.78, 5) is 25.5. The van der Waals surface area contributed by atoms with Gasteiger partial charge >= 0.3 is 0 Å². The molecule has 1 aromatic carbocycles. The van der Waals surface area contributed by atoms with Gasteiger partial charge in [-0.1, -0.05) is 31.2 Å². The summed E-state index contributed by atoms with van der Waals surface area (Å²) in [6, 6.07) is 7.95. The Bertz CT molecular complexity index is 522. The zero-order chi connectivity index (χ0) is 15.6. The molecule has 114 valence electrons. The number of amides is 2. The van der Waals surface area contributed by atoms with E-state index in [9.17, 15) is 9.59 Å². The molecule has 0 bridgehead atoms. The molecule has 2 rings (SSSR count). The highest BCUT2D eigenvalue weighted by atomic mass is 16.2. The average Bonchev–Trinajstić information content (AvgIpc) is 2.73. The van der Waals surface area contributed by atoms with E-state index in [1.807, 2.05) is 20.8 Å². The first-order valence-electron chi connectivity index (χ1n) is 7.64. The van der Waals surface area contributed by atoms with Gasteiger partial charge in [0, 0.05) is 12.1 Å². The van der Waals surface area contributed by atoms with Crippen LogP contribution < -0.4 is 5.32 Å². The Morgan fingerprint density at radius 2 is 1.81 bits per heavy atom. The van der Waals surface area contributed by atoms with Gasteiger partial charge in [-0.3, -0.25) is 19.8 Å². The number of hydrogen-bond acceptors (Lipinski definition) is 3. The first kappa shape index (κ1) is 15.7. The van der Waals surface area contributed by atoms with E-state index in [4.69, 9.17) is 0 Å². The van der Waals surface area contributed by atoms with Gasteiger partial charge in [0.25, 0.3) is 0 Å². The molecule has 0 saturated carbocycles. The van der Waals surface area contributed by atoms with Crippen LogP contribution in [0.5, 0.6) is 0 Å². The zero-order valence-corrected chi connectivity index (χ0v) is 13.2. The maximum absolute atomic E-state index is 12.3. The molecule has 0 aliphatic carbocycles. The summed E-state index contributed by atoms with van der Waals surface area (Å²) in [5.41, 5.74) is 2.43. The third kappa shape index (κ3) is 3.32. The molecule has 1 saturated heterocycles. The topological polar surface area (TPSA) is 49.4 Å². The number of nitrogens with zero attached hydrogens (tertiary/aromatic N) is 1. The molecule has 4 nitrogen and oxygen atoms in total. The average molecular weight is 288 g/mol. The Balaban J connectivity index is 2.04. The number of hydrogen-bond donors (Lipinski definition) is 1. The highest BCUT2D eigenvalue weighted by molar-refractivity contribution is 6.05. The van der Waals surface area contributed by atoms with Crippen LogP contribution in [0.2, 0.25) is 0 Å². The quantitative estimate of drug-likeness (QED) is 0.847. The van der Waals surface area contributed by atoms with Crippen molar-refractivity contribution in [2.45, 2.75) is 58.7 Å². The largest absolute Gasteiger partial charge is 0.299 e. The third-order valence-corrected chi connectivity index (χ3v) is 4.04. The third-order valence-electron chi connectivity index (χ3n) is 4.04. The van der Waals surface area contributed by atoms with Gasteiger partial charge in [-0.25, -0.2) is 0 Å². The molecule has 0 spiro atoms. The fourth-order valence-electron chi connectivity index (χ4n) is 2.76. The Morgan fingerprint density at radius 3 is 2.29 bits per heavy atom. The predicted octanol–water partition coefficient (Wildman–Crippen LogP) is 2.44. The molecule has 1 aromatic rings. The van der Waals surface area contributed by atoms with Crippen LogP contribution in [0, 0.1) is 0 Å². The highest BCUT2D eigenvalue weighted by Crippen LogP contribution is 2.20. The Hall–Kier alpha value is -1.68. The van der Waals surface area contributed by atoms with E-state index in [0.29, 0.717) is 0 Å². The summed E-state index contributed by atoms with van der Waals surface area (Å²) in [5.74, 6) is -0.187. The molecular weight excluding hydrogens is 264 g/mol. The standard InChI is InChI=1S/C17H24N2O2/c1-5-13-6-8-14(9-7-13)12(4)18-15-10-16(20)19(11(2)3)17(15)21/h6-9,11-12,15,18H,5,10H2,1-4H3. The van der Waals surface area contributed by atoms with Crippen molar-refractivity contribution in [3.8, 4) is 0 Å². The van der Waals surface area contributed by atoms with E-state index in [0.717, 1.165) is 12.0 Å². The van der Waals surface area contributed by atoms with Crippen molar-refractivity contribution in [2.75, 3.05) is 0 Å². The molecular formula is C17H24N2O2. The minimum absolute atomic E-state index is 0.0461. The fraction of sp³-hybridized carbons (Fsp3) is 0.529. The monoisotopic (exact) mass is 288 g/mol. The number of imide groups is 1. The van der Waals surface area contributed by atoms with Crippen LogP contribution in [0.25, 0.3) is 0 Å². The molecule has 21 heavy (non-hydrogen) atoms. The second-order valence-electron chi connectivity index (χ2n) is 5.94. The summed E-state index contributed by atoms with van der Waals surface area (Å²) in [7, 11) is 0. The SMILES string of the molecule is CCc1ccc(C(C)NC2CC(=O)N(C(C)C)C2=O)cc1. The van der Waals surface area contributed by atoms with E-state index in [1.54, 1.807) is 0 Å². The lowest BCUT2D eigenvalue weighted by molar-refractivity contribution is -0.140. The molecule has 2 unspecified atom stereocenters. The molecule has 1 N–H and O–H groups in total. The minimum atomic E-state index is -0.402. The van der Waals surface area contributed by atoms with Gasteiger partial charge in [0.15, 0.2) is 0 Å². The zero-order valence-electron chi connectivity index (χ0n) is 13.2. The van der Waals surface area contributed by atoms with E-state index >= 15 is 0 Å². The van der Waals surface area contributed by atoms with Crippen molar-refractivity contribution in [1.82, 2.24) is 10.2 Å². The maximum Gasteiger partial charge on any atom is 0.247 e. The second kappa shape index (κ2) is 6.39. The molecule has 1 fully saturated rings. The van der Waals surface area contributed by atoms with Gasteiger partial charge < -0.3 is 0 Å². The van der Waals surface area contributed by atoms with Gasteiger partial charge in [0.2, 0.25) is 11.8 Å². The summed E-state index contributed by atoms with van der Waals surface area (Å²) < 4.78 is 0. The van der Waals surface area contributed by atoms with Crippen molar-refractivity contribution in [3.05, 3.63) is 35.4 Å². The van der Waals surface area contributed by atoms with Crippen LogP contribution in [0.4, 0.5) is 0 Å². The lowest BCUT2D eigenvalue weighted by atomic mass is 10.0. The van der Waals surface area contributed by atoms with Crippen molar-refractivity contribution in [1.29, 1.82) is 0 Å². The van der Waals surface area contributed by atoms with Crippen molar-refractivity contribution >= 4 is 11.8 Å². The van der Waals surface area contributed by atoms with Crippen LogP contribution in [0.15, 0.2) is 24.3 Å². The van der Waals surface area contributed by atoms with Crippen molar-refractivity contribution < 1.29 is 9.59 Å². The number of nitrogens with one attached hydrogen (secondary N) is 1. The summed E-state index contributed by atoms with van der Waals surface area (Å²) in [5, 5.41) is 3.29. The van der Waals surface area contributed by atoms with Crippen LogP contribution in [0.3, 0.4) is 0 Å². The number of benzene rings is 1. The first-order valence-corrected chi connectivity index (χ1v) is 7.64. The number of likely N-dealkylation sites (tertiary alicyclic amines) is 1. The van der Waals surface area contributed by atoms with Crippen LogP contribution in [-0.4, -0.2) is 28.8 Å². The summed E-state index contributed by atoms with van der Waals surface area (Å²) >= 11 is 0. The fourth-order valence-corrected chi connectivity index (χ4v) is 2.76. The molecule has 2 amide bonds. The lowest BCUT2D eigenvalue weighted by Crippen LogP contribution is -2.42. The van der Waals surface area contributed by atoms with Gasteiger partial charge in [-0.2, -0.15) is 0 Å². The smallest absolute Gasteiger partial charge is 0.247 e. The van der Waals surface area contributed by atoms with Gasteiger partial charge in [-0.15, -0.1) is 0 Å². The predicted molar refractivity (Wildman–Crippen MR) is 82.8 cm³/mol. The lowest BCUT2D eigenvalue weighted by Gasteiger charge is -2.21. The van der Waals surface area contributed by atoms with Crippen molar-refractivity contribution in [3.63, 3.8) is 0 Å². The molecule has 1 heterocycles.